The smallest absolute Gasteiger partial charge is 0.430 e. The molecule has 2 rings (SSSR count). The van der Waals surface area contributed by atoms with Gasteiger partial charge in [0.1, 0.15) is 12.3 Å². The van der Waals surface area contributed by atoms with Crippen LogP contribution < -0.4 is 5.73 Å². The number of esters is 1. The number of allylic oxidation sites excluding steroid dienone is 2. The lowest BCUT2D eigenvalue weighted by Crippen LogP contribution is -2.21. The number of nitrogens with two attached hydrogens (primary N) is 1. The Labute approximate surface area is 188 Å². The molecule has 0 aliphatic carbocycles. The maximum atomic E-state index is 13.0. The Kier molecular flexibility index (Phi) is 9.45. The summed E-state index contributed by atoms with van der Waals surface area (Å²) in [5.41, 5.74) is 4.76. The van der Waals surface area contributed by atoms with Crippen LogP contribution in [0.25, 0.3) is 0 Å². The van der Waals surface area contributed by atoms with Crippen LogP contribution >= 0.6 is 23.4 Å². The Morgan fingerprint density at radius 1 is 1.13 bits per heavy atom. The van der Waals surface area contributed by atoms with E-state index in [2.05, 4.69) is 11.9 Å². The van der Waals surface area contributed by atoms with Gasteiger partial charge in [-0.25, -0.2) is 9.79 Å². The van der Waals surface area contributed by atoms with E-state index < -0.39 is 17.8 Å². The van der Waals surface area contributed by atoms with Crippen LogP contribution in [0.4, 0.5) is 18.9 Å². The number of carbonyl (C=O) groups is 1. The van der Waals surface area contributed by atoms with Crippen LogP contribution in [0.3, 0.4) is 0 Å². The van der Waals surface area contributed by atoms with Crippen LogP contribution in [0, 0.1) is 0 Å². The molecule has 0 aliphatic rings. The zero-order valence-electron chi connectivity index (χ0n) is 16.8. The van der Waals surface area contributed by atoms with Crippen molar-refractivity contribution in [2.24, 2.45) is 10.7 Å². The van der Waals surface area contributed by atoms with Gasteiger partial charge < -0.3 is 10.5 Å². The summed E-state index contributed by atoms with van der Waals surface area (Å²) in [6.45, 7) is 2.36. The van der Waals surface area contributed by atoms with Crippen molar-refractivity contribution in [3.05, 3.63) is 76.5 Å². The maximum absolute atomic E-state index is 13.0. The molecule has 0 aromatic heterocycles. The lowest BCUT2D eigenvalue weighted by molar-refractivity contribution is -0.0925. The van der Waals surface area contributed by atoms with Crippen molar-refractivity contribution < 1.29 is 22.7 Å². The van der Waals surface area contributed by atoms with Crippen molar-refractivity contribution in [2.45, 2.75) is 19.5 Å². The van der Waals surface area contributed by atoms with Crippen molar-refractivity contribution in [1.29, 1.82) is 0 Å². The predicted octanol–water partition coefficient (Wildman–Crippen LogP) is 6.17. The van der Waals surface area contributed by atoms with Crippen molar-refractivity contribution in [3.8, 4) is 0 Å². The molecule has 4 nitrogen and oxygen atoms in total. The molecule has 0 fully saturated rings. The minimum Gasteiger partial charge on any atom is -0.461 e. The maximum Gasteiger partial charge on any atom is 0.430 e. The summed E-state index contributed by atoms with van der Waals surface area (Å²) in [5.74, 6) is 1.20. The van der Waals surface area contributed by atoms with E-state index in [1.807, 2.05) is 0 Å². The lowest BCUT2D eigenvalue weighted by atomic mass is 10.1. The Morgan fingerprint density at radius 3 is 2.39 bits per heavy atom. The number of aliphatic imine (C=N–C) groups is 1. The average molecular weight is 471 g/mol. The highest BCUT2D eigenvalue weighted by atomic mass is 35.5. The molecule has 0 spiro atoms. The largest absolute Gasteiger partial charge is 0.461 e. The number of alkyl halides is 3. The Balaban J connectivity index is 2.27. The quantitative estimate of drug-likeness (QED) is 0.270. The van der Waals surface area contributed by atoms with E-state index in [0.29, 0.717) is 17.0 Å². The van der Waals surface area contributed by atoms with Crippen molar-refractivity contribution >= 4 is 40.7 Å². The van der Waals surface area contributed by atoms with Gasteiger partial charge in [-0.15, -0.1) is 0 Å². The predicted molar refractivity (Wildman–Crippen MR) is 120 cm³/mol. The van der Waals surface area contributed by atoms with Crippen LogP contribution in [0.2, 0.25) is 5.02 Å². The molecule has 0 atom stereocenters. The second-order valence-corrected chi connectivity index (χ2v) is 8.00. The molecule has 0 radical (unpaired) electrons. The van der Waals surface area contributed by atoms with Crippen molar-refractivity contribution in [1.82, 2.24) is 0 Å². The number of benzene rings is 2. The number of hydrogen-bond donors (Lipinski definition) is 1. The first-order valence-electron chi connectivity index (χ1n) is 9.45. The number of para-hydroxylation sites is 1. The molecule has 0 bridgehead atoms. The summed E-state index contributed by atoms with van der Waals surface area (Å²) in [5, 5.41) is 0.278. The van der Waals surface area contributed by atoms with E-state index >= 15 is 0 Å². The van der Waals surface area contributed by atoms with Crippen LogP contribution in [-0.2, 0) is 4.74 Å². The fourth-order valence-corrected chi connectivity index (χ4v) is 3.25. The monoisotopic (exact) mass is 470 g/mol. The van der Waals surface area contributed by atoms with Crippen LogP contribution in [-0.4, -0.2) is 36.0 Å². The van der Waals surface area contributed by atoms with Gasteiger partial charge in [0, 0.05) is 11.3 Å². The second-order valence-electron chi connectivity index (χ2n) is 6.37. The Hall–Kier alpha value is -2.45. The molecule has 2 aromatic carbocycles. The summed E-state index contributed by atoms with van der Waals surface area (Å²) in [4.78, 5) is 16.4. The number of ether oxygens (including phenoxy) is 1. The molecule has 0 unspecified atom stereocenters. The molecule has 9 heteroatoms. The molecule has 166 valence electrons. The van der Waals surface area contributed by atoms with E-state index in [1.54, 1.807) is 36.0 Å². The van der Waals surface area contributed by atoms with Crippen molar-refractivity contribution in [2.75, 3.05) is 18.1 Å². The van der Waals surface area contributed by atoms with E-state index in [0.717, 1.165) is 18.2 Å². The highest BCUT2D eigenvalue weighted by Gasteiger charge is 2.31. The molecule has 0 saturated heterocycles. The average Bonchev–Trinajstić information content (AvgIpc) is 2.74. The molecule has 0 amide bonds. The molecule has 0 heterocycles. The van der Waals surface area contributed by atoms with Crippen molar-refractivity contribution in [3.63, 3.8) is 0 Å². The Bertz CT molecular complexity index is 945. The topological polar surface area (TPSA) is 64.7 Å². The molecule has 0 aliphatic heterocycles. The third-order valence-electron chi connectivity index (χ3n) is 3.94. The Morgan fingerprint density at radius 2 is 1.77 bits per heavy atom. The summed E-state index contributed by atoms with van der Waals surface area (Å²) in [6.07, 6.45) is -2.92. The fourth-order valence-electron chi connectivity index (χ4n) is 2.38. The first-order valence-corrected chi connectivity index (χ1v) is 11.0. The lowest BCUT2D eigenvalue weighted by Gasteiger charge is -2.10. The third-order valence-corrected chi connectivity index (χ3v) is 5.41. The first-order chi connectivity index (χ1) is 14.7. The van der Waals surface area contributed by atoms with Gasteiger partial charge in [0.25, 0.3) is 0 Å². The van der Waals surface area contributed by atoms with Gasteiger partial charge in [-0.05, 0) is 42.5 Å². The summed E-state index contributed by atoms with van der Waals surface area (Å²) in [6, 6.07) is 12.4. The van der Waals surface area contributed by atoms with Crippen LogP contribution in [0.1, 0.15) is 29.3 Å². The SMILES string of the molecule is CCCSCCOC(=O)c1ccc(C(C=C(N)C(F)(F)F)=Nc2ccccc2Cl)cc1. The highest BCUT2D eigenvalue weighted by Crippen LogP contribution is 2.27. The van der Waals surface area contributed by atoms with Gasteiger partial charge in [-0.1, -0.05) is 42.8 Å². The number of nitrogens with zero attached hydrogens (tertiary/aromatic N) is 1. The number of thioether (sulfide) groups is 1. The zero-order chi connectivity index (χ0) is 22.9. The standard InChI is InChI=1S/C22H22ClF3N2O2S/c1-2-12-31-13-11-30-21(29)16-9-7-15(8-10-16)19(14-20(27)22(24,25)26)28-18-6-4-3-5-17(18)23/h3-10,14H,2,11-13,27H2,1H3. The molecular formula is C22H22ClF3N2O2S. The zero-order valence-corrected chi connectivity index (χ0v) is 18.4. The number of hydrogen-bond acceptors (Lipinski definition) is 5. The minimum atomic E-state index is -4.71. The van der Waals surface area contributed by atoms with Gasteiger partial charge in [0.15, 0.2) is 0 Å². The van der Waals surface area contributed by atoms with Crippen LogP contribution in [0.5, 0.6) is 0 Å². The van der Waals surface area contributed by atoms with Gasteiger partial charge in [0.05, 0.1) is 22.0 Å². The molecule has 0 saturated carbocycles. The molecule has 31 heavy (non-hydrogen) atoms. The molecule has 2 N–H and O–H groups in total. The van der Waals surface area contributed by atoms with Crippen LogP contribution in [0.15, 0.2) is 65.3 Å². The normalized spacial score (nSPS) is 12.7. The number of rotatable bonds is 9. The fraction of sp³-hybridized carbons (Fsp3) is 0.273. The summed E-state index contributed by atoms with van der Waals surface area (Å²) in [7, 11) is 0. The molecular weight excluding hydrogens is 449 g/mol. The first kappa shape index (κ1) is 24.8. The van der Waals surface area contributed by atoms with E-state index in [9.17, 15) is 18.0 Å². The van der Waals surface area contributed by atoms with Gasteiger partial charge in [-0.3, -0.25) is 0 Å². The number of carbonyl (C=O) groups excluding carboxylic acids is 1. The van der Waals surface area contributed by atoms with Gasteiger partial charge in [0.2, 0.25) is 0 Å². The van der Waals surface area contributed by atoms with E-state index in [-0.39, 0.29) is 22.9 Å². The van der Waals surface area contributed by atoms with Gasteiger partial charge in [-0.2, -0.15) is 24.9 Å². The second kappa shape index (κ2) is 11.8. The third kappa shape index (κ3) is 7.95. The van der Waals surface area contributed by atoms with Gasteiger partial charge >= 0.3 is 12.1 Å². The summed E-state index contributed by atoms with van der Waals surface area (Å²) >= 11 is 7.78. The number of halogens is 4. The van der Waals surface area contributed by atoms with E-state index in [1.165, 1.54) is 24.3 Å². The highest BCUT2D eigenvalue weighted by molar-refractivity contribution is 7.99. The van der Waals surface area contributed by atoms with E-state index in [4.69, 9.17) is 22.1 Å². The molecule has 2 aromatic rings. The summed E-state index contributed by atoms with van der Waals surface area (Å²) < 4.78 is 44.1. The minimum absolute atomic E-state index is 0.0428.